The molecular formula is C33H43N3O7S. The number of carbonyl (C=O) groups excluding carboxylic acids is 2. The Morgan fingerprint density at radius 1 is 0.886 bits per heavy atom. The Balaban J connectivity index is 2.11. The third-order valence-corrected chi connectivity index (χ3v) is 8.51. The van der Waals surface area contributed by atoms with Gasteiger partial charge in [0.2, 0.25) is 11.8 Å². The Kier molecular flexibility index (Phi) is 11.6. The summed E-state index contributed by atoms with van der Waals surface area (Å²) in [5.41, 5.74) is 0.526. The average Bonchev–Trinajstić information content (AvgIpc) is 2.99. The van der Waals surface area contributed by atoms with Gasteiger partial charge in [-0.1, -0.05) is 37.3 Å². The minimum atomic E-state index is -4.31. The number of nitrogens with one attached hydrogen (secondary N) is 1. The van der Waals surface area contributed by atoms with Gasteiger partial charge in [-0.15, -0.1) is 0 Å². The highest BCUT2D eigenvalue weighted by Gasteiger charge is 2.35. The highest BCUT2D eigenvalue weighted by molar-refractivity contribution is 7.92. The molecule has 10 nitrogen and oxygen atoms in total. The van der Waals surface area contributed by atoms with Gasteiger partial charge in [0, 0.05) is 18.2 Å². The fourth-order valence-electron chi connectivity index (χ4n) is 4.66. The zero-order valence-electron chi connectivity index (χ0n) is 26.5. The zero-order chi connectivity index (χ0) is 32.5. The second kappa shape index (κ2) is 15.0. The molecule has 0 saturated carbocycles. The summed E-state index contributed by atoms with van der Waals surface area (Å²) in [7, 11) is -1.44. The van der Waals surface area contributed by atoms with E-state index in [0.29, 0.717) is 24.5 Å². The van der Waals surface area contributed by atoms with E-state index in [1.54, 1.807) is 24.3 Å². The Morgan fingerprint density at radius 2 is 1.52 bits per heavy atom. The summed E-state index contributed by atoms with van der Waals surface area (Å²) in [6.45, 7) is 9.26. The van der Waals surface area contributed by atoms with Crippen molar-refractivity contribution < 1.29 is 32.2 Å². The van der Waals surface area contributed by atoms with Gasteiger partial charge >= 0.3 is 0 Å². The van der Waals surface area contributed by atoms with Crippen LogP contribution >= 0.6 is 0 Å². The van der Waals surface area contributed by atoms with E-state index in [0.717, 1.165) is 9.87 Å². The normalized spacial score (nSPS) is 12.2. The first-order chi connectivity index (χ1) is 20.8. The van der Waals surface area contributed by atoms with Gasteiger partial charge in [0.25, 0.3) is 10.0 Å². The van der Waals surface area contributed by atoms with E-state index in [9.17, 15) is 18.0 Å². The number of anilines is 1. The van der Waals surface area contributed by atoms with Crippen molar-refractivity contribution in [2.75, 3.05) is 31.7 Å². The van der Waals surface area contributed by atoms with Crippen LogP contribution in [-0.2, 0) is 26.2 Å². The Morgan fingerprint density at radius 3 is 2.07 bits per heavy atom. The van der Waals surface area contributed by atoms with Gasteiger partial charge < -0.3 is 24.4 Å². The van der Waals surface area contributed by atoms with Crippen LogP contribution in [0.2, 0.25) is 0 Å². The van der Waals surface area contributed by atoms with Crippen molar-refractivity contribution in [3.8, 4) is 17.2 Å². The molecule has 238 valence electrons. The number of sulfonamides is 1. The molecule has 11 heteroatoms. The van der Waals surface area contributed by atoms with Gasteiger partial charge in [0.1, 0.15) is 18.3 Å². The second-order valence-corrected chi connectivity index (χ2v) is 13.0. The smallest absolute Gasteiger partial charge is 0.264 e. The Hall–Kier alpha value is -4.25. The second-order valence-electron chi connectivity index (χ2n) is 11.1. The maximum absolute atomic E-state index is 14.2. The quantitative estimate of drug-likeness (QED) is 0.268. The predicted octanol–water partition coefficient (Wildman–Crippen LogP) is 5.02. The first kappa shape index (κ1) is 34.2. The lowest BCUT2D eigenvalue weighted by molar-refractivity contribution is -0.141. The lowest BCUT2D eigenvalue weighted by Crippen LogP contribution is -2.55. The van der Waals surface area contributed by atoms with Crippen LogP contribution < -0.4 is 23.8 Å². The molecule has 0 spiro atoms. The molecule has 0 aliphatic rings. The minimum Gasteiger partial charge on any atom is -0.494 e. The van der Waals surface area contributed by atoms with Crippen LogP contribution in [-0.4, -0.2) is 64.1 Å². The Labute approximate surface area is 261 Å². The zero-order valence-corrected chi connectivity index (χ0v) is 27.3. The summed E-state index contributed by atoms with van der Waals surface area (Å²) in [5, 5.41) is 2.97. The summed E-state index contributed by atoms with van der Waals surface area (Å²) in [6.07, 6.45) is 0.325. The average molecular weight is 626 g/mol. The van der Waals surface area contributed by atoms with Crippen LogP contribution in [0.4, 0.5) is 5.69 Å². The Bertz CT molecular complexity index is 1500. The number of rotatable bonds is 14. The number of ether oxygens (including phenoxy) is 3. The van der Waals surface area contributed by atoms with Crippen LogP contribution in [0.1, 0.15) is 46.6 Å². The number of methoxy groups -OCH3 is 2. The molecule has 0 bridgehead atoms. The third kappa shape index (κ3) is 8.66. The molecule has 0 aromatic heterocycles. The maximum Gasteiger partial charge on any atom is 0.264 e. The molecule has 0 fully saturated rings. The van der Waals surface area contributed by atoms with E-state index in [4.69, 9.17) is 14.2 Å². The van der Waals surface area contributed by atoms with Crippen molar-refractivity contribution in [2.24, 2.45) is 0 Å². The molecule has 0 aliphatic carbocycles. The van der Waals surface area contributed by atoms with Crippen molar-refractivity contribution in [1.82, 2.24) is 10.2 Å². The fourth-order valence-corrected chi connectivity index (χ4v) is 6.09. The summed E-state index contributed by atoms with van der Waals surface area (Å²) < 4.78 is 45.7. The van der Waals surface area contributed by atoms with Crippen LogP contribution in [0.5, 0.6) is 17.2 Å². The van der Waals surface area contributed by atoms with Gasteiger partial charge in [-0.2, -0.15) is 0 Å². The first-order valence-corrected chi connectivity index (χ1v) is 15.9. The first-order valence-electron chi connectivity index (χ1n) is 14.5. The van der Waals surface area contributed by atoms with Crippen molar-refractivity contribution in [3.63, 3.8) is 0 Å². The number of hydrogen-bond acceptors (Lipinski definition) is 7. The van der Waals surface area contributed by atoms with Gasteiger partial charge in [-0.05, 0) is 76.1 Å². The third-order valence-electron chi connectivity index (χ3n) is 6.74. The van der Waals surface area contributed by atoms with Crippen LogP contribution in [0.3, 0.4) is 0 Å². The summed E-state index contributed by atoms with van der Waals surface area (Å²) in [6, 6.07) is 19.2. The highest BCUT2D eigenvalue weighted by Crippen LogP contribution is 2.33. The summed E-state index contributed by atoms with van der Waals surface area (Å²) >= 11 is 0. The minimum absolute atomic E-state index is 0.0936. The monoisotopic (exact) mass is 625 g/mol. The molecule has 1 atom stereocenters. The van der Waals surface area contributed by atoms with E-state index in [1.807, 2.05) is 65.0 Å². The van der Waals surface area contributed by atoms with E-state index in [2.05, 4.69) is 5.32 Å². The lowest BCUT2D eigenvalue weighted by atomic mass is 10.1. The molecule has 3 aromatic rings. The molecule has 0 unspecified atom stereocenters. The van der Waals surface area contributed by atoms with Crippen LogP contribution in [0.15, 0.2) is 77.7 Å². The molecule has 0 aliphatic heterocycles. The number of benzene rings is 3. The van der Waals surface area contributed by atoms with Crippen molar-refractivity contribution in [2.45, 2.75) is 64.1 Å². The number of amides is 2. The maximum atomic E-state index is 14.2. The molecule has 44 heavy (non-hydrogen) atoms. The number of hydrogen-bond donors (Lipinski definition) is 1. The lowest BCUT2D eigenvalue weighted by Gasteiger charge is -2.34. The van der Waals surface area contributed by atoms with Gasteiger partial charge in [-0.25, -0.2) is 8.42 Å². The largest absolute Gasteiger partial charge is 0.494 e. The molecule has 3 rings (SSSR count). The molecular weight excluding hydrogens is 582 g/mol. The van der Waals surface area contributed by atoms with E-state index in [1.165, 1.54) is 37.3 Å². The number of carbonyl (C=O) groups is 2. The van der Waals surface area contributed by atoms with Gasteiger partial charge in [-0.3, -0.25) is 13.9 Å². The van der Waals surface area contributed by atoms with Crippen LogP contribution in [0, 0.1) is 0 Å². The molecule has 0 radical (unpaired) electrons. The molecule has 0 saturated heterocycles. The standard InChI is InChI=1S/C33H43N3O7S/c1-8-28(32(38)34-33(3,4)5)35(22-24-13-11-10-12-14-24)31(37)23-36(25-15-17-26(18-16-25)43-9-2)44(39,40)27-19-20-29(41-6)30(21-27)42-7/h10-21,28H,8-9,22-23H2,1-7H3,(H,34,38)/t28-/m0/s1. The molecule has 2 amide bonds. The molecule has 0 heterocycles. The van der Waals surface area contributed by atoms with E-state index < -0.39 is 34.1 Å². The topological polar surface area (TPSA) is 114 Å². The van der Waals surface area contributed by atoms with Crippen molar-refractivity contribution in [3.05, 3.63) is 78.4 Å². The van der Waals surface area contributed by atoms with E-state index in [-0.39, 0.29) is 28.8 Å². The van der Waals surface area contributed by atoms with Crippen LogP contribution in [0.25, 0.3) is 0 Å². The van der Waals surface area contributed by atoms with Gasteiger partial charge in [0.05, 0.1) is 31.4 Å². The molecule has 1 N–H and O–H groups in total. The summed E-state index contributed by atoms with van der Waals surface area (Å²) in [5.74, 6) is 0.283. The molecule has 3 aromatic carbocycles. The van der Waals surface area contributed by atoms with Crippen molar-refractivity contribution in [1.29, 1.82) is 0 Å². The SMILES string of the molecule is CCOc1ccc(N(CC(=O)N(Cc2ccccc2)[C@@H](CC)C(=O)NC(C)(C)C)S(=O)(=O)c2ccc(OC)c(OC)c2)cc1. The highest BCUT2D eigenvalue weighted by atomic mass is 32.2. The van der Waals surface area contributed by atoms with E-state index >= 15 is 0 Å². The van der Waals surface area contributed by atoms with Gasteiger partial charge in [0.15, 0.2) is 11.5 Å². The predicted molar refractivity (Wildman–Crippen MR) is 171 cm³/mol. The van der Waals surface area contributed by atoms with Crippen molar-refractivity contribution >= 4 is 27.5 Å². The number of nitrogens with zero attached hydrogens (tertiary/aromatic N) is 2. The fraction of sp³-hybridized carbons (Fsp3) is 0.394. The summed E-state index contributed by atoms with van der Waals surface area (Å²) in [4.78, 5) is 29.0.